The van der Waals surface area contributed by atoms with E-state index in [1.165, 1.54) is 6.08 Å². The van der Waals surface area contributed by atoms with E-state index in [0.29, 0.717) is 18.0 Å². The SMILES string of the molecule is COc1cc(C=CC(=O)N(C)Cc2ccccn2)cc(OC)c1. The maximum atomic E-state index is 12.2. The minimum Gasteiger partial charge on any atom is -0.497 e. The summed E-state index contributed by atoms with van der Waals surface area (Å²) in [5.74, 6) is 1.26. The van der Waals surface area contributed by atoms with Crippen molar-refractivity contribution < 1.29 is 14.3 Å². The Kier molecular flexibility index (Phi) is 5.74. The van der Waals surface area contributed by atoms with Crippen LogP contribution in [0.1, 0.15) is 11.3 Å². The number of likely N-dealkylation sites (N-methyl/N-ethyl adjacent to an activating group) is 1. The molecule has 0 fully saturated rings. The van der Waals surface area contributed by atoms with Gasteiger partial charge in [-0.15, -0.1) is 0 Å². The molecule has 0 N–H and O–H groups in total. The highest BCUT2D eigenvalue weighted by molar-refractivity contribution is 5.91. The van der Waals surface area contributed by atoms with Crippen molar-refractivity contribution in [2.45, 2.75) is 6.54 Å². The first-order valence-corrected chi connectivity index (χ1v) is 7.18. The van der Waals surface area contributed by atoms with Crippen LogP contribution in [0.15, 0.2) is 48.7 Å². The molecule has 0 radical (unpaired) electrons. The van der Waals surface area contributed by atoms with Gasteiger partial charge in [0.2, 0.25) is 5.91 Å². The number of pyridine rings is 1. The quantitative estimate of drug-likeness (QED) is 0.770. The van der Waals surface area contributed by atoms with E-state index in [4.69, 9.17) is 9.47 Å². The monoisotopic (exact) mass is 312 g/mol. The fraction of sp³-hybridized carbons (Fsp3) is 0.222. The van der Waals surface area contributed by atoms with E-state index in [1.54, 1.807) is 44.5 Å². The van der Waals surface area contributed by atoms with Crippen molar-refractivity contribution in [2.24, 2.45) is 0 Å². The van der Waals surface area contributed by atoms with Crippen LogP contribution in [0.2, 0.25) is 0 Å². The highest BCUT2D eigenvalue weighted by Gasteiger charge is 2.06. The Morgan fingerprint density at radius 1 is 1.17 bits per heavy atom. The molecule has 23 heavy (non-hydrogen) atoms. The van der Waals surface area contributed by atoms with Gasteiger partial charge in [0.15, 0.2) is 0 Å². The second-order valence-electron chi connectivity index (χ2n) is 4.99. The summed E-state index contributed by atoms with van der Waals surface area (Å²) in [4.78, 5) is 18.0. The number of ether oxygens (including phenoxy) is 2. The molecule has 1 aromatic carbocycles. The first-order valence-electron chi connectivity index (χ1n) is 7.18. The third kappa shape index (κ3) is 4.85. The van der Waals surface area contributed by atoms with Crippen molar-refractivity contribution in [2.75, 3.05) is 21.3 Å². The van der Waals surface area contributed by atoms with Gasteiger partial charge < -0.3 is 14.4 Å². The van der Waals surface area contributed by atoms with Crippen LogP contribution in [0.5, 0.6) is 11.5 Å². The van der Waals surface area contributed by atoms with Crippen LogP contribution in [-0.4, -0.2) is 37.1 Å². The second kappa shape index (κ2) is 7.98. The second-order valence-corrected chi connectivity index (χ2v) is 4.99. The maximum Gasteiger partial charge on any atom is 0.246 e. The van der Waals surface area contributed by atoms with E-state index in [2.05, 4.69) is 4.98 Å². The fourth-order valence-electron chi connectivity index (χ4n) is 2.03. The number of rotatable bonds is 6. The van der Waals surface area contributed by atoms with Crippen molar-refractivity contribution in [1.29, 1.82) is 0 Å². The lowest BCUT2D eigenvalue weighted by Crippen LogP contribution is -2.24. The van der Waals surface area contributed by atoms with Gasteiger partial charge in [-0.05, 0) is 35.9 Å². The molecule has 0 spiro atoms. The maximum absolute atomic E-state index is 12.2. The molecule has 1 aromatic heterocycles. The number of amides is 1. The largest absolute Gasteiger partial charge is 0.497 e. The van der Waals surface area contributed by atoms with Gasteiger partial charge >= 0.3 is 0 Å². The molecule has 1 amide bonds. The van der Waals surface area contributed by atoms with Gasteiger partial charge in [0.25, 0.3) is 0 Å². The van der Waals surface area contributed by atoms with Gasteiger partial charge in [0.1, 0.15) is 11.5 Å². The topological polar surface area (TPSA) is 51.7 Å². The number of carbonyl (C=O) groups excluding carboxylic acids is 1. The predicted molar refractivity (Wildman–Crippen MR) is 89.3 cm³/mol. The van der Waals surface area contributed by atoms with Crippen molar-refractivity contribution in [3.8, 4) is 11.5 Å². The minimum absolute atomic E-state index is 0.0996. The molecule has 5 heteroatoms. The summed E-state index contributed by atoms with van der Waals surface area (Å²) in [5.41, 5.74) is 1.68. The molecule has 0 unspecified atom stereocenters. The van der Waals surface area contributed by atoms with E-state index in [0.717, 1.165) is 11.3 Å². The molecule has 0 aliphatic carbocycles. The first-order chi connectivity index (χ1) is 11.1. The Hall–Kier alpha value is -2.82. The summed E-state index contributed by atoms with van der Waals surface area (Å²) >= 11 is 0. The summed E-state index contributed by atoms with van der Waals surface area (Å²) in [7, 11) is 4.93. The number of hydrogen-bond donors (Lipinski definition) is 0. The van der Waals surface area contributed by atoms with Crippen LogP contribution in [0, 0.1) is 0 Å². The summed E-state index contributed by atoms with van der Waals surface area (Å²) in [6, 6.07) is 11.1. The van der Waals surface area contributed by atoms with E-state index in [9.17, 15) is 4.79 Å². The normalized spacial score (nSPS) is 10.6. The Morgan fingerprint density at radius 3 is 2.43 bits per heavy atom. The lowest BCUT2D eigenvalue weighted by Gasteiger charge is -2.14. The Balaban J connectivity index is 2.05. The van der Waals surface area contributed by atoms with Crippen LogP contribution in [0.3, 0.4) is 0 Å². The van der Waals surface area contributed by atoms with Crippen LogP contribution < -0.4 is 9.47 Å². The van der Waals surface area contributed by atoms with E-state index in [-0.39, 0.29) is 5.91 Å². The Morgan fingerprint density at radius 2 is 1.87 bits per heavy atom. The van der Waals surface area contributed by atoms with Crippen LogP contribution >= 0.6 is 0 Å². The lowest BCUT2D eigenvalue weighted by molar-refractivity contribution is -0.125. The number of benzene rings is 1. The molecule has 0 aliphatic rings. The summed E-state index contributed by atoms with van der Waals surface area (Å²) in [6.07, 6.45) is 4.98. The molecule has 0 saturated carbocycles. The zero-order valence-electron chi connectivity index (χ0n) is 13.5. The summed E-state index contributed by atoms with van der Waals surface area (Å²) < 4.78 is 10.4. The molecular formula is C18H20N2O3. The number of hydrogen-bond acceptors (Lipinski definition) is 4. The number of carbonyl (C=O) groups is 1. The molecule has 120 valence electrons. The number of aromatic nitrogens is 1. The average Bonchev–Trinajstić information content (AvgIpc) is 2.60. The van der Waals surface area contributed by atoms with Crippen LogP contribution in [0.4, 0.5) is 0 Å². The van der Waals surface area contributed by atoms with Crippen molar-refractivity contribution in [1.82, 2.24) is 9.88 Å². The van der Waals surface area contributed by atoms with Gasteiger partial charge in [0.05, 0.1) is 26.5 Å². The van der Waals surface area contributed by atoms with E-state index in [1.807, 2.05) is 30.3 Å². The molecular weight excluding hydrogens is 292 g/mol. The predicted octanol–water partition coefficient (Wildman–Crippen LogP) is 2.77. The molecule has 0 aliphatic heterocycles. The van der Waals surface area contributed by atoms with Gasteiger partial charge in [-0.2, -0.15) is 0 Å². The molecule has 2 rings (SSSR count). The molecule has 0 saturated heterocycles. The van der Waals surface area contributed by atoms with Crippen molar-refractivity contribution in [3.05, 3.63) is 59.9 Å². The van der Waals surface area contributed by atoms with Crippen molar-refractivity contribution >= 4 is 12.0 Å². The van der Waals surface area contributed by atoms with Crippen molar-refractivity contribution in [3.63, 3.8) is 0 Å². The summed E-state index contributed by atoms with van der Waals surface area (Å²) in [6.45, 7) is 0.464. The van der Waals surface area contributed by atoms with Crippen LogP contribution in [-0.2, 0) is 11.3 Å². The van der Waals surface area contributed by atoms with E-state index >= 15 is 0 Å². The molecule has 5 nitrogen and oxygen atoms in total. The average molecular weight is 312 g/mol. The standard InChI is InChI=1S/C18H20N2O3/c1-20(13-15-6-4-5-9-19-15)18(21)8-7-14-10-16(22-2)12-17(11-14)23-3/h4-12H,13H2,1-3H3. The van der Waals surface area contributed by atoms with Gasteiger partial charge in [-0.3, -0.25) is 9.78 Å². The van der Waals surface area contributed by atoms with E-state index < -0.39 is 0 Å². The third-order valence-corrected chi connectivity index (χ3v) is 3.29. The highest BCUT2D eigenvalue weighted by atomic mass is 16.5. The zero-order valence-corrected chi connectivity index (χ0v) is 13.5. The Labute approximate surface area is 136 Å². The summed E-state index contributed by atoms with van der Waals surface area (Å²) in [5, 5.41) is 0. The van der Waals surface area contributed by atoms with Gasteiger partial charge in [-0.25, -0.2) is 0 Å². The zero-order chi connectivity index (χ0) is 16.7. The highest BCUT2D eigenvalue weighted by Crippen LogP contribution is 2.23. The first kappa shape index (κ1) is 16.5. The Bertz CT molecular complexity index is 662. The molecule has 0 bridgehead atoms. The molecule has 0 atom stereocenters. The smallest absolute Gasteiger partial charge is 0.246 e. The van der Waals surface area contributed by atoms with Crippen LogP contribution in [0.25, 0.3) is 6.08 Å². The lowest BCUT2D eigenvalue weighted by atomic mass is 10.2. The molecule has 1 heterocycles. The van der Waals surface area contributed by atoms with Gasteiger partial charge in [-0.1, -0.05) is 6.07 Å². The fourth-order valence-corrected chi connectivity index (χ4v) is 2.03. The number of methoxy groups -OCH3 is 2. The number of nitrogens with zero attached hydrogens (tertiary/aromatic N) is 2. The minimum atomic E-state index is -0.0996. The van der Waals surface area contributed by atoms with Gasteiger partial charge in [0, 0.05) is 25.4 Å². The third-order valence-electron chi connectivity index (χ3n) is 3.29. The molecule has 2 aromatic rings.